The van der Waals surface area contributed by atoms with Crippen molar-refractivity contribution in [2.75, 3.05) is 6.54 Å². The molecule has 0 aromatic carbocycles. The number of hydrogen-bond acceptors (Lipinski definition) is 5. The van der Waals surface area contributed by atoms with Crippen molar-refractivity contribution in [2.24, 2.45) is 0 Å². The van der Waals surface area contributed by atoms with Gasteiger partial charge < -0.3 is 10.4 Å². The summed E-state index contributed by atoms with van der Waals surface area (Å²) in [5, 5.41) is 12.5. The van der Waals surface area contributed by atoms with E-state index in [0.717, 1.165) is 17.8 Å². The molecule has 0 amide bonds. The molecule has 0 radical (unpaired) electrons. The van der Waals surface area contributed by atoms with Crippen molar-refractivity contribution in [1.82, 2.24) is 20.3 Å². The van der Waals surface area contributed by atoms with E-state index in [1.54, 1.807) is 18.3 Å². The maximum absolute atomic E-state index is 11.3. The average Bonchev–Trinajstić information content (AvgIpc) is 2.47. The highest BCUT2D eigenvalue weighted by atomic mass is 16.4. The fourth-order valence-electron chi connectivity index (χ4n) is 2.15. The fourth-order valence-corrected chi connectivity index (χ4v) is 2.15. The second kappa shape index (κ2) is 4.74. The summed E-state index contributed by atoms with van der Waals surface area (Å²) in [6.45, 7) is 1.32. The zero-order valence-electron chi connectivity index (χ0n) is 10.1. The summed E-state index contributed by atoms with van der Waals surface area (Å²) in [6.07, 6.45) is 2.27. The number of nitrogens with zero attached hydrogens (tertiary/aromatic N) is 3. The molecule has 0 bridgehead atoms. The van der Waals surface area contributed by atoms with Crippen molar-refractivity contribution in [1.29, 1.82) is 0 Å². The molecule has 2 aromatic heterocycles. The normalized spacial score (nSPS) is 13.9. The molecule has 19 heavy (non-hydrogen) atoms. The minimum Gasteiger partial charge on any atom is -0.476 e. The monoisotopic (exact) mass is 256 g/mol. The van der Waals surface area contributed by atoms with E-state index in [4.69, 9.17) is 0 Å². The van der Waals surface area contributed by atoms with Crippen LogP contribution in [0, 0.1) is 0 Å². The van der Waals surface area contributed by atoms with Crippen LogP contribution in [0.15, 0.2) is 24.4 Å². The molecule has 0 saturated heterocycles. The highest BCUT2D eigenvalue weighted by Crippen LogP contribution is 2.20. The predicted molar refractivity (Wildman–Crippen MR) is 67.6 cm³/mol. The first-order chi connectivity index (χ1) is 9.25. The van der Waals surface area contributed by atoms with Gasteiger partial charge in [-0.15, -0.1) is 0 Å². The van der Waals surface area contributed by atoms with Gasteiger partial charge in [-0.05, 0) is 25.1 Å². The molecule has 2 N–H and O–H groups in total. The third-order valence-corrected chi connectivity index (χ3v) is 3.03. The SMILES string of the molecule is O=C(O)c1nc(-c2ccccn2)nc2c1CCNC2. The Labute approximate surface area is 109 Å². The summed E-state index contributed by atoms with van der Waals surface area (Å²) >= 11 is 0. The van der Waals surface area contributed by atoms with E-state index in [-0.39, 0.29) is 5.69 Å². The Morgan fingerprint density at radius 3 is 2.95 bits per heavy atom. The lowest BCUT2D eigenvalue weighted by Gasteiger charge is -2.18. The van der Waals surface area contributed by atoms with Crippen LogP contribution in [0.1, 0.15) is 21.7 Å². The molecule has 6 nitrogen and oxygen atoms in total. The Hall–Kier alpha value is -2.34. The third kappa shape index (κ3) is 2.17. The molecule has 0 aliphatic carbocycles. The molecule has 2 aromatic rings. The molecule has 3 rings (SSSR count). The maximum Gasteiger partial charge on any atom is 0.354 e. The highest BCUT2D eigenvalue weighted by Gasteiger charge is 2.22. The predicted octanol–water partition coefficient (Wildman–Crippen LogP) is 0.882. The summed E-state index contributed by atoms with van der Waals surface area (Å²) in [7, 11) is 0. The number of carboxylic acids is 1. The summed E-state index contributed by atoms with van der Waals surface area (Å²) in [4.78, 5) is 24.1. The van der Waals surface area contributed by atoms with Crippen LogP contribution in [0.4, 0.5) is 0 Å². The summed E-state index contributed by atoms with van der Waals surface area (Å²) < 4.78 is 0. The quantitative estimate of drug-likeness (QED) is 0.829. The van der Waals surface area contributed by atoms with Crippen molar-refractivity contribution in [3.8, 4) is 11.5 Å². The number of carbonyl (C=O) groups is 1. The Morgan fingerprint density at radius 2 is 2.21 bits per heavy atom. The van der Waals surface area contributed by atoms with Gasteiger partial charge in [-0.1, -0.05) is 6.07 Å². The highest BCUT2D eigenvalue weighted by molar-refractivity contribution is 5.88. The number of aromatic carboxylic acids is 1. The number of carboxylic acid groups (broad SMARTS) is 1. The van der Waals surface area contributed by atoms with Crippen molar-refractivity contribution in [3.05, 3.63) is 41.3 Å². The van der Waals surface area contributed by atoms with Gasteiger partial charge >= 0.3 is 5.97 Å². The molecule has 6 heteroatoms. The van der Waals surface area contributed by atoms with Gasteiger partial charge in [-0.3, -0.25) is 4.98 Å². The molecule has 3 heterocycles. The molecule has 1 aliphatic heterocycles. The van der Waals surface area contributed by atoms with Gasteiger partial charge in [-0.25, -0.2) is 14.8 Å². The van der Waals surface area contributed by atoms with Gasteiger partial charge in [0.2, 0.25) is 0 Å². The van der Waals surface area contributed by atoms with Gasteiger partial charge in [0.15, 0.2) is 11.5 Å². The first-order valence-corrected chi connectivity index (χ1v) is 6.01. The summed E-state index contributed by atoms with van der Waals surface area (Å²) in [5.74, 6) is -0.654. The number of hydrogen-bond donors (Lipinski definition) is 2. The van der Waals surface area contributed by atoms with E-state index in [1.165, 1.54) is 0 Å². The molecule has 0 saturated carbocycles. The second-order valence-corrected chi connectivity index (χ2v) is 4.27. The average molecular weight is 256 g/mol. The molecular weight excluding hydrogens is 244 g/mol. The largest absolute Gasteiger partial charge is 0.476 e. The van der Waals surface area contributed by atoms with E-state index in [9.17, 15) is 9.90 Å². The van der Waals surface area contributed by atoms with Crippen LogP contribution in [0.5, 0.6) is 0 Å². The molecule has 1 aliphatic rings. The Kier molecular flexibility index (Phi) is 2.92. The molecule has 96 valence electrons. The number of pyridine rings is 1. The smallest absolute Gasteiger partial charge is 0.354 e. The van der Waals surface area contributed by atoms with Crippen LogP contribution in [0.25, 0.3) is 11.5 Å². The van der Waals surface area contributed by atoms with Crippen LogP contribution < -0.4 is 5.32 Å². The van der Waals surface area contributed by atoms with Crippen LogP contribution in [-0.2, 0) is 13.0 Å². The lowest BCUT2D eigenvalue weighted by Crippen LogP contribution is -2.27. The topological polar surface area (TPSA) is 88.0 Å². The number of fused-ring (bicyclic) bond motifs is 1. The van der Waals surface area contributed by atoms with Gasteiger partial charge in [0, 0.05) is 18.3 Å². The van der Waals surface area contributed by atoms with Gasteiger partial charge in [0.25, 0.3) is 0 Å². The Bertz CT molecular complexity index is 628. The molecular formula is C13H12N4O2. The van der Waals surface area contributed by atoms with Crippen LogP contribution in [-0.4, -0.2) is 32.6 Å². The zero-order valence-corrected chi connectivity index (χ0v) is 10.1. The molecule has 0 unspecified atom stereocenters. The number of nitrogens with one attached hydrogen (secondary N) is 1. The van der Waals surface area contributed by atoms with Gasteiger partial charge in [0.05, 0.1) is 5.69 Å². The van der Waals surface area contributed by atoms with E-state index < -0.39 is 5.97 Å². The van der Waals surface area contributed by atoms with Crippen molar-refractivity contribution in [3.63, 3.8) is 0 Å². The van der Waals surface area contributed by atoms with E-state index in [1.807, 2.05) is 6.07 Å². The lowest BCUT2D eigenvalue weighted by atomic mass is 10.0. The van der Waals surface area contributed by atoms with E-state index in [2.05, 4.69) is 20.3 Å². The van der Waals surface area contributed by atoms with Crippen molar-refractivity contribution in [2.45, 2.75) is 13.0 Å². The fraction of sp³-hybridized carbons (Fsp3) is 0.231. The molecule has 0 spiro atoms. The Balaban J connectivity index is 2.17. The minimum absolute atomic E-state index is 0.0900. The standard InChI is InChI=1S/C13H12N4O2/c18-13(19)11-8-4-6-14-7-10(8)16-12(17-11)9-3-1-2-5-15-9/h1-3,5,14H,4,6-7H2,(H,18,19). The lowest BCUT2D eigenvalue weighted by molar-refractivity contribution is 0.0688. The van der Waals surface area contributed by atoms with E-state index in [0.29, 0.717) is 24.5 Å². The maximum atomic E-state index is 11.3. The second-order valence-electron chi connectivity index (χ2n) is 4.27. The van der Waals surface area contributed by atoms with Crippen LogP contribution >= 0.6 is 0 Å². The zero-order chi connectivity index (χ0) is 13.2. The first kappa shape index (κ1) is 11.7. The summed E-state index contributed by atoms with van der Waals surface area (Å²) in [5.41, 5.74) is 2.15. The third-order valence-electron chi connectivity index (χ3n) is 3.03. The summed E-state index contributed by atoms with van der Waals surface area (Å²) in [6, 6.07) is 5.38. The Morgan fingerprint density at radius 1 is 1.32 bits per heavy atom. The molecule has 0 atom stereocenters. The minimum atomic E-state index is -1.02. The van der Waals surface area contributed by atoms with Crippen molar-refractivity contribution >= 4 is 5.97 Å². The number of rotatable bonds is 2. The van der Waals surface area contributed by atoms with Gasteiger partial charge in [0.1, 0.15) is 5.69 Å². The molecule has 0 fully saturated rings. The van der Waals surface area contributed by atoms with E-state index >= 15 is 0 Å². The van der Waals surface area contributed by atoms with Crippen LogP contribution in [0.3, 0.4) is 0 Å². The van der Waals surface area contributed by atoms with Crippen molar-refractivity contribution < 1.29 is 9.90 Å². The number of aromatic nitrogens is 3. The van der Waals surface area contributed by atoms with Crippen LogP contribution in [0.2, 0.25) is 0 Å². The van der Waals surface area contributed by atoms with Gasteiger partial charge in [-0.2, -0.15) is 0 Å². The first-order valence-electron chi connectivity index (χ1n) is 6.01.